The number of aryl methyl sites for hydroxylation is 1. The highest BCUT2D eigenvalue weighted by Gasteiger charge is 2.25. The van der Waals surface area contributed by atoms with Crippen molar-refractivity contribution in [3.63, 3.8) is 0 Å². The van der Waals surface area contributed by atoms with Crippen LogP contribution in [-0.4, -0.2) is 48.3 Å². The van der Waals surface area contributed by atoms with Crippen LogP contribution in [0.1, 0.15) is 51.2 Å². The van der Waals surface area contributed by atoms with Crippen LogP contribution in [-0.2, 0) is 15.0 Å². The van der Waals surface area contributed by atoms with Gasteiger partial charge in [-0.05, 0) is 36.8 Å². The summed E-state index contributed by atoms with van der Waals surface area (Å²) in [6, 6.07) is 6.19. The molecule has 0 radical (unpaired) electrons. The fourth-order valence-corrected chi connectivity index (χ4v) is 3.42. The van der Waals surface area contributed by atoms with E-state index in [-0.39, 0.29) is 29.9 Å². The van der Waals surface area contributed by atoms with E-state index >= 15 is 0 Å². The van der Waals surface area contributed by atoms with Gasteiger partial charge in [0.05, 0.1) is 0 Å². The lowest BCUT2D eigenvalue weighted by molar-refractivity contribution is -0.134. The minimum atomic E-state index is -0.0516. The van der Waals surface area contributed by atoms with E-state index in [1.807, 2.05) is 17.0 Å². The number of carbonyl (C=O) groups is 2. The molecule has 0 spiro atoms. The zero-order chi connectivity index (χ0) is 20.0. The number of benzene rings is 1. The van der Waals surface area contributed by atoms with Crippen molar-refractivity contribution in [1.29, 1.82) is 0 Å². The molecule has 2 rings (SSSR count). The van der Waals surface area contributed by atoms with Crippen LogP contribution in [0.2, 0.25) is 0 Å². The van der Waals surface area contributed by atoms with Gasteiger partial charge in [-0.1, -0.05) is 38.5 Å². The fourth-order valence-electron chi connectivity index (χ4n) is 3.25. The van der Waals surface area contributed by atoms with Gasteiger partial charge in [0.2, 0.25) is 5.91 Å². The van der Waals surface area contributed by atoms with E-state index in [9.17, 15) is 9.59 Å². The number of nitrogens with zero attached hydrogens (tertiary/aromatic N) is 1. The molecule has 0 bridgehead atoms. The zero-order valence-electron chi connectivity index (χ0n) is 16.8. The Kier molecular flexibility index (Phi) is 7.54. The number of hydrogen-bond acceptors (Lipinski definition) is 3. The van der Waals surface area contributed by atoms with Crippen molar-refractivity contribution in [3.05, 3.63) is 29.3 Å². The highest BCUT2D eigenvalue weighted by Crippen LogP contribution is 2.32. The lowest BCUT2D eigenvalue weighted by Crippen LogP contribution is -2.47. The molecular formula is C21H31ClN2O3. The van der Waals surface area contributed by atoms with Crippen molar-refractivity contribution in [2.75, 3.05) is 25.6 Å². The Morgan fingerprint density at radius 2 is 1.93 bits per heavy atom. The number of rotatable bonds is 6. The van der Waals surface area contributed by atoms with E-state index in [1.54, 1.807) is 0 Å². The quantitative estimate of drug-likeness (QED) is 0.752. The molecule has 2 amide bonds. The lowest BCUT2D eigenvalue weighted by atomic mass is 9.85. The number of nitrogens with one attached hydrogen (secondary N) is 1. The number of hydrogen-bond donors (Lipinski definition) is 1. The van der Waals surface area contributed by atoms with Crippen molar-refractivity contribution in [2.45, 2.75) is 58.4 Å². The Balaban J connectivity index is 1.86. The van der Waals surface area contributed by atoms with Gasteiger partial charge < -0.3 is 15.0 Å². The van der Waals surface area contributed by atoms with E-state index < -0.39 is 0 Å². The predicted molar refractivity (Wildman–Crippen MR) is 108 cm³/mol. The van der Waals surface area contributed by atoms with Gasteiger partial charge in [-0.15, -0.1) is 11.6 Å². The van der Waals surface area contributed by atoms with Gasteiger partial charge in [-0.2, -0.15) is 0 Å². The molecule has 0 unspecified atom stereocenters. The molecule has 1 fully saturated rings. The largest absolute Gasteiger partial charge is 0.483 e. The summed E-state index contributed by atoms with van der Waals surface area (Å²) in [6.45, 7) is 9.77. The normalized spacial score (nSPS) is 15.5. The molecule has 1 aliphatic heterocycles. The van der Waals surface area contributed by atoms with Gasteiger partial charge >= 0.3 is 0 Å². The van der Waals surface area contributed by atoms with Crippen molar-refractivity contribution in [1.82, 2.24) is 10.2 Å². The van der Waals surface area contributed by atoms with E-state index in [0.29, 0.717) is 25.4 Å². The maximum atomic E-state index is 12.5. The number of alkyl halides is 1. The third-order valence-corrected chi connectivity index (χ3v) is 5.02. The zero-order valence-corrected chi connectivity index (χ0v) is 17.6. The van der Waals surface area contributed by atoms with Crippen molar-refractivity contribution in [2.24, 2.45) is 0 Å². The summed E-state index contributed by atoms with van der Waals surface area (Å²) in [5, 5.41) is 2.97. The molecule has 0 atom stereocenters. The highest BCUT2D eigenvalue weighted by molar-refractivity contribution is 6.18. The number of amides is 2. The Labute approximate surface area is 167 Å². The van der Waals surface area contributed by atoms with Crippen LogP contribution < -0.4 is 10.1 Å². The summed E-state index contributed by atoms with van der Waals surface area (Å²) in [6.07, 6.45) is 1.86. The first-order chi connectivity index (χ1) is 12.7. The molecule has 27 heavy (non-hydrogen) atoms. The second kappa shape index (κ2) is 9.45. The van der Waals surface area contributed by atoms with Gasteiger partial charge in [0.15, 0.2) is 6.61 Å². The summed E-state index contributed by atoms with van der Waals surface area (Å²) in [7, 11) is 0. The molecule has 0 saturated carbocycles. The Hall–Kier alpha value is -1.75. The molecule has 1 aromatic rings. The second-order valence-corrected chi connectivity index (χ2v) is 8.58. The maximum Gasteiger partial charge on any atom is 0.260 e. The first-order valence-corrected chi connectivity index (χ1v) is 10.1. The van der Waals surface area contributed by atoms with Gasteiger partial charge in [0.1, 0.15) is 5.75 Å². The van der Waals surface area contributed by atoms with Crippen LogP contribution in [0, 0.1) is 6.92 Å². The average Bonchev–Trinajstić information content (AvgIpc) is 2.60. The topological polar surface area (TPSA) is 58.6 Å². The Morgan fingerprint density at radius 1 is 1.26 bits per heavy atom. The second-order valence-electron chi connectivity index (χ2n) is 8.20. The van der Waals surface area contributed by atoms with E-state index in [0.717, 1.165) is 24.2 Å². The van der Waals surface area contributed by atoms with E-state index in [2.05, 4.69) is 39.1 Å². The summed E-state index contributed by atoms with van der Waals surface area (Å²) < 4.78 is 5.88. The smallest absolute Gasteiger partial charge is 0.260 e. The van der Waals surface area contributed by atoms with E-state index in [4.69, 9.17) is 16.3 Å². The van der Waals surface area contributed by atoms with Crippen LogP contribution in [0.5, 0.6) is 5.75 Å². The van der Waals surface area contributed by atoms with Crippen LogP contribution in [0.3, 0.4) is 0 Å². The van der Waals surface area contributed by atoms with Crippen molar-refractivity contribution >= 4 is 23.4 Å². The molecule has 0 aromatic heterocycles. The number of carbonyl (C=O) groups excluding carboxylic acids is 2. The fraction of sp³-hybridized carbons (Fsp3) is 0.619. The molecule has 1 saturated heterocycles. The van der Waals surface area contributed by atoms with Crippen molar-refractivity contribution < 1.29 is 14.3 Å². The molecule has 1 N–H and O–H groups in total. The minimum Gasteiger partial charge on any atom is -0.483 e. The lowest BCUT2D eigenvalue weighted by Gasteiger charge is -2.32. The number of ether oxygens (including phenoxy) is 1. The standard InChI is InChI=1S/C21H31ClN2O3/c1-15-5-6-18(17(13-15)21(2,3)4)27-14-20(26)24-11-8-16(9-12-24)23-19(25)7-10-22/h5-6,13,16H,7-12,14H2,1-4H3,(H,23,25). The Morgan fingerprint density at radius 3 is 2.52 bits per heavy atom. The molecule has 1 aromatic carbocycles. The first-order valence-electron chi connectivity index (χ1n) is 9.57. The molecule has 1 heterocycles. The Bertz CT molecular complexity index is 662. The monoisotopic (exact) mass is 394 g/mol. The summed E-state index contributed by atoms with van der Waals surface area (Å²) >= 11 is 5.58. The molecule has 6 heteroatoms. The van der Waals surface area contributed by atoms with E-state index in [1.165, 1.54) is 5.56 Å². The third kappa shape index (κ3) is 6.42. The highest BCUT2D eigenvalue weighted by atomic mass is 35.5. The van der Waals surface area contributed by atoms with Gasteiger partial charge in [-0.3, -0.25) is 9.59 Å². The van der Waals surface area contributed by atoms with Gasteiger partial charge in [-0.25, -0.2) is 0 Å². The van der Waals surface area contributed by atoms with Crippen LogP contribution in [0.15, 0.2) is 18.2 Å². The van der Waals surface area contributed by atoms with Gasteiger partial charge in [0, 0.05) is 31.4 Å². The van der Waals surface area contributed by atoms with Gasteiger partial charge in [0.25, 0.3) is 5.91 Å². The van der Waals surface area contributed by atoms with Crippen molar-refractivity contribution in [3.8, 4) is 5.75 Å². The molecular weight excluding hydrogens is 364 g/mol. The van der Waals surface area contributed by atoms with Crippen LogP contribution in [0.25, 0.3) is 0 Å². The molecule has 1 aliphatic rings. The SMILES string of the molecule is Cc1ccc(OCC(=O)N2CCC(NC(=O)CCCl)CC2)c(C(C)(C)C)c1. The number of likely N-dealkylation sites (tertiary alicyclic amines) is 1. The molecule has 0 aliphatic carbocycles. The summed E-state index contributed by atoms with van der Waals surface area (Å²) in [5.41, 5.74) is 2.23. The predicted octanol–water partition coefficient (Wildman–Crippen LogP) is 3.41. The average molecular weight is 395 g/mol. The maximum absolute atomic E-state index is 12.5. The first kappa shape index (κ1) is 21.5. The summed E-state index contributed by atoms with van der Waals surface area (Å²) in [4.78, 5) is 26.0. The third-order valence-electron chi connectivity index (χ3n) is 4.83. The minimum absolute atomic E-state index is 0.0130. The number of piperidine rings is 1. The summed E-state index contributed by atoms with van der Waals surface area (Å²) in [5.74, 6) is 1.06. The van der Waals surface area contributed by atoms with Crippen LogP contribution >= 0.6 is 11.6 Å². The molecule has 150 valence electrons. The molecule has 5 nitrogen and oxygen atoms in total. The number of halogens is 1. The van der Waals surface area contributed by atoms with Crippen LogP contribution in [0.4, 0.5) is 0 Å².